The maximum Gasteiger partial charge on any atom is 0.269 e. The van der Waals surface area contributed by atoms with Crippen LogP contribution in [0.2, 0.25) is 0 Å². The van der Waals surface area contributed by atoms with Gasteiger partial charge < -0.3 is 10.3 Å². The molecule has 0 saturated heterocycles. The number of thiazole rings is 1. The van der Waals surface area contributed by atoms with Gasteiger partial charge in [0, 0.05) is 5.69 Å². The first kappa shape index (κ1) is 16.6. The number of anilines is 1. The minimum atomic E-state index is -0.462. The van der Waals surface area contributed by atoms with E-state index in [0.29, 0.717) is 26.2 Å². The largest absolute Gasteiger partial charge is 0.321 e. The van der Waals surface area contributed by atoms with Crippen LogP contribution in [0.4, 0.5) is 10.1 Å². The van der Waals surface area contributed by atoms with Crippen molar-refractivity contribution >= 4 is 51.7 Å². The van der Waals surface area contributed by atoms with Crippen molar-refractivity contribution in [1.82, 2.24) is 9.38 Å². The summed E-state index contributed by atoms with van der Waals surface area (Å²) in [6.07, 6.45) is 0. The number of benzene rings is 2. The van der Waals surface area contributed by atoms with Gasteiger partial charge in [-0.2, -0.15) is 0 Å². The number of hydrogen-bond acceptors (Lipinski definition) is 4. The average molecular weight is 385 g/mol. The van der Waals surface area contributed by atoms with Crippen LogP contribution in [0.5, 0.6) is 0 Å². The van der Waals surface area contributed by atoms with Crippen molar-refractivity contribution in [3.05, 3.63) is 73.0 Å². The number of halogens is 1. The lowest BCUT2D eigenvalue weighted by Crippen LogP contribution is -2.15. The Labute approximate surface area is 155 Å². The first-order chi connectivity index (χ1) is 12.4. The SMILES string of the molecule is Cc1ccc2c(c1)c(=O)[nH]c1c(C(=O)Nc3cccc(F)c3)sc(=S)n12. The Morgan fingerprint density at radius 2 is 2.08 bits per heavy atom. The zero-order valence-corrected chi connectivity index (χ0v) is 15.1. The lowest BCUT2D eigenvalue weighted by atomic mass is 10.1. The Bertz CT molecular complexity index is 1300. The summed E-state index contributed by atoms with van der Waals surface area (Å²) in [6.45, 7) is 1.90. The molecule has 0 saturated carbocycles. The molecule has 0 bridgehead atoms. The van der Waals surface area contributed by atoms with Crippen LogP contribution >= 0.6 is 23.6 Å². The molecule has 0 aliphatic carbocycles. The first-order valence-corrected chi connectivity index (χ1v) is 8.91. The number of nitrogens with zero attached hydrogens (tertiary/aromatic N) is 1. The van der Waals surface area contributed by atoms with Crippen LogP contribution in [-0.2, 0) is 0 Å². The molecule has 2 aromatic heterocycles. The monoisotopic (exact) mass is 385 g/mol. The van der Waals surface area contributed by atoms with Crippen molar-refractivity contribution in [1.29, 1.82) is 0 Å². The van der Waals surface area contributed by atoms with Gasteiger partial charge in [0.2, 0.25) is 0 Å². The maximum atomic E-state index is 13.3. The molecule has 8 heteroatoms. The highest BCUT2D eigenvalue weighted by Gasteiger charge is 2.18. The van der Waals surface area contributed by atoms with Crippen LogP contribution in [0.15, 0.2) is 47.3 Å². The van der Waals surface area contributed by atoms with E-state index in [2.05, 4.69) is 10.3 Å². The summed E-state index contributed by atoms with van der Waals surface area (Å²) in [6, 6.07) is 11.1. The van der Waals surface area contributed by atoms with E-state index in [4.69, 9.17) is 12.2 Å². The standard InChI is InChI=1S/C18H12FN3O2S2/c1-9-5-6-13-12(7-9)16(23)21-15-14(26-18(25)22(13)15)17(24)20-11-4-2-3-10(19)8-11/h2-8H,1H3,(H,20,24)(H,21,23). The molecule has 130 valence electrons. The Morgan fingerprint density at radius 3 is 2.85 bits per heavy atom. The number of carbonyl (C=O) groups is 1. The van der Waals surface area contributed by atoms with Gasteiger partial charge >= 0.3 is 0 Å². The van der Waals surface area contributed by atoms with Crippen molar-refractivity contribution < 1.29 is 9.18 Å². The van der Waals surface area contributed by atoms with E-state index < -0.39 is 11.7 Å². The Hall–Kier alpha value is -2.84. The molecule has 0 fully saturated rings. The Morgan fingerprint density at radius 1 is 1.27 bits per heavy atom. The van der Waals surface area contributed by atoms with Gasteiger partial charge in [0.05, 0.1) is 10.9 Å². The molecule has 0 unspecified atom stereocenters. The molecule has 26 heavy (non-hydrogen) atoms. The highest BCUT2D eigenvalue weighted by molar-refractivity contribution is 7.73. The Kier molecular flexibility index (Phi) is 3.93. The van der Waals surface area contributed by atoms with Crippen LogP contribution < -0.4 is 10.9 Å². The second-order valence-corrected chi connectivity index (χ2v) is 7.46. The summed E-state index contributed by atoms with van der Waals surface area (Å²) in [7, 11) is 0. The zero-order chi connectivity index (χ0) is 18.4. The number of nitrogens with one attached hydrogen (secondary N) is 2. The number of rotatable bonds is 2. The number of amides is 1. The number of aromatic nitrogens is 2. The third kappa shape index (κ3) is 2.73. The van der Waals surface area contributed by atoms with Gasteiger partial charge in [-0.15, -0.1) is 0 Å². The lowest BCUT2D eigenvalue weighted by molar-refractivity contribution is 0.103. The van der Waals surface area contributed by atoms with Crippen LogP contribution in [0.1, 0.15) is 15.2 Å². The molecule has 2 N–H and O–H groups in total. The minimum Gasteiger partial charge on any atom is -0.321 e. The summed E-state index contributed by atoms with van der Waals surface area (Å²) in [5, 5.41) is 3.13. The number of H-pyrrole nitrogens is 1. The summed E-state index contributed by atoms with van der Waals surface area (Å²) in [5.74, 6) is -0.914. The van der Waals surface area contributed by atoms with Gasteiger partial charge in [-0.3, -0.25) is 14.0 Å². The molecule has 1 amide bonds. The van der Waals surface area contributed by atoms with Gasteiger partial charge in [0.1, 0.15) is 16.3 Å². The van der Waals surface area contributed by atoms with Gasteiger partial charge in [-0.05, 0) is 49.5 Å². The number of aryl methyl sites for hydroxylation is 1. The summed E-state index contributed by atoms with van der Waals surface area (Å²) >= 11 is 6.49. The van der Waals surface area contributed by atoms with Crippen LogP contribution in [-0.4, -0.2) is 15.3 Å². The molecular weight excluding hydrogens is 373 g/mol. The van der Waals surface area contributed by atoms with Gasteiger partial charge in [-0.1, -0.05) is 29.0 Å². The molecule has 4 rings (SSSR count). The molecule has 5 nitrogen and oxygen atoms in total. The molecule has 0 aliphatic heterocycles. The summed E-state index contributed by atoms with van der Waals surface area (Å²) in [5.41, 5.74) is 1.95. The third-order valence-corrected chi connectivity index (χ3v) is 5.34. The van der Waals surface area contributed by atoms with E-state index in [0.717, 1.165) is 16.9 Å². The first-order valence-electron chi connectivity index (χ1n) is 7.69. The van der Waals surface area contributed by atoms with Gasteiger partial charge in [-0.25, -0.2) is 4.39 Å². The summed E-state index contributed by atoms with van der Waals surface area (Å²) in [4.78, 5) is 28.1. The Balaban J connectivity index is 1.90. The highest BCUT2D eigenvalue weighted by Crippen LogP contribution is 2.24. The van der Waals surface area contributed by atoms with E-state index in [1.54, 1.807) is 16.5 Å². The molecule has 0 atom stereocenters. The van der Waals surface area contributed by atoms with Crippen molar-refractivity contribution in [2.45, 2.75) is 6.92 Å². The van der Waals surface area contributed by atoms with E-state index >= 15 is 0 Å². The van der Waals surface area contributed by atoms with Crippen LogP contribution in [0.3, 0.4) is 0 Å². The smallest absolute Gasteiger partial charge is 0.269 e. The second-order valence-electron chi connectivity index (χ2n) is 5.82. The molecule has 0 spiro atoms. The van der Waals surface area contributed by atoms with E-state index in [1.165, 1.54) is 18.2 Å². The van der Waals surface area contributed by atoms with Gasteiger partial charge in [0.25, 0.3) is 11.5 Å². The van der Waals surface area contributed by atoms with E-state index in [-0.39, 0.29) is 10.4 Å². The zero-order valence-electron chi connectivity index (χ0n) is 13.5. The summed E-state index contributed by atoms with van der Waals surface area (Å²) < 4.78 is 15.4. The topological polar surface area (TPSA) is 66.4 Å². The molecule has 2 aromatic carbocycles. The predicted molar refractivity (Wildman–Crippen MR) is 103 cm³/mol. The van der Waals surface area contributed by atoms with Crippen molar-refractivity contribution in [2.24, 2.45) is 0 Å². The van der Waals surface area contributed by atoms with Crippen LogP contribution in [0.25, 0.3) is 16.6 Å². The average Bonchev–Trinajstić information content (AvgIpc) is 2.92. The molecule has 4 aromatic rings. The lowest BCUT2D eigenvalue weighted by Gasteiger charge is -2.06. The van der Waals surface area contributed by atoms with Gasteiger partial charge in [0.15, 0.2) is 3.95 Å². The highest BCUT2D eigenvalue weighted by atomic mass is 32.1. The molecular formula is C18H12FN3O2S2. The number of fused-ring (bicyclic) bond motifs is 3. The minimum absolute atomic E-state index is 0.263. The molecule has 0 radical (unpaired) electrons. The second kappa shape index (κ2) is 6.15. The molecule has 0 aliphatic rings. The fourth-order valence-corrected chi connectivity index (χ4v) is 4.09. The van der Waals surface area contributed by atoms with Crippen LogP contribution in [0, 0.1) is 16.7 Å². The fraction of sp³-hybridized carbons (Fsp3) is 0.0556. The third-order valence-electron chi connectivity index (χ3n) is 3.97. The number of aromatic amines is 1. The van der Waals surface area contributed by atoms with E-state index in [1.807, 2.05) is 19.1 Å². The van der Waals surface area contributed by atoms with Crippen molar-refractivity contribution in [2.75, 3.05) is 5.32 Å². The number of carbonyl (C=O) groups excluding carboxylic acids is 1. The normalized spacial score (nSPS) is 11.2. The maximum absolute atomic E-state index is 13.3. The number of hydrogen-bond donors (Lipinski definition) is 2. The van der Waals surface area contributed by atoms with Crippen molar-refractivity contribution in [3.8, 4) is 0 Å². The fourth-order valence-electron chi connectivity index (χ4n) is 2.82. The quantitative estimate of drug-likeness (QED) is 0.507. The predicted octanol–water partition coefficient (Wildman–Crippen LogP) is 4.27. The molecule has 2 heterocycles. The van der Waals surface area contributed by atoms with E-state index in [9.17, 15) is 14.0 Å². The van der Waals surface area contributed by atoms with Crippen molar-refractivity contribution in [3.63, 3.8) is 0 Å².